The lowest BCUT2D eigenvalue weighted by Crippen LogP contribution is -3.11. The first-order valence-electron chi connectivity index (χ1n) is 10.1. The average molecular weight is 408 g/mol. The SMILES string of the molecule is CCN(CC)C(=O)C[NH+](C)CC(=O)Nc1cccc2c1C(=O)c1ccccc1C2=O. The summed E-state index contributed by atoms with van der Waals surface area (Å²) in [5, 5.41) is 2.76. The predicted octanol–water partition coefficient (Wildman–Crippen LogP) is 0.784. The Labute approximate surface area is 175 Å². The van der Waals surface area contributed by atoms with E-state index in [0.717, 1.165) is 4.90 Å². The Morgan fingerprint density at radius 3 is 2.10 bits per heavy atom. The molecule has 1 atom stereocenters. The zero-order valence-electron chi connectivity index (χ0n) is 17.5. The molecule has 7 nitrogen and oxygen atoms in total. The molecule has 3 rings (SSSR count). The van der Waals surface area contributed by atoms with Gasteiger partial charge < -0.3 is 15.1 Å². The fraction of sp³-hybridized carbons (Fsp3) is 0.304. The number of carbonyl (C=O) groups excluding carboxylic acids is 4. The number of ketones is 2. The molecule has 1 aliphatic rings. The molecular weight excluding hydrogens is 382 g/mol. The Morgan fingerprint density at radius 1 is 0.867 bits per heavy atom. The van der Waals surface area contributed by atoms with Crippen LogP contribution in [0.2, 0.25) is 0 Å². The summed E-state index contributed by atoms with van der Waals surface area (Å²) in [7, 11) is 1.77. The van der Waals surface area contributed by atoms with Gasteiger partial charge in [-0.15, -0.1) is 0 Å². The highest BCUT2D eigenvalue weighted by Crippen LogP contribution is 2.31. The second-order valence-corrected chi connectivity index (χ2v) is 7.36. The van der Waals surface area contributed by atoms with Gasteiger partial charge in [0.25, 0.3) is 11.8 Å². The number of amides is 2. The average Bonchev–Trinajstić information content (AvgIpc) is 2.72. The maximum Gasteiger partial charge on any atom is 0.279 e. The lowest BCUT2D eigenvalue weighted by atomic mass is 9.83. The van der Waals surface area contributed by atoms with Crippen LogP contribution in [0.3, 0.4) is 0 Å². The van der Waals surface area contributed by atoms with E-state index in [4.69, 9.17) is 0 Å². The van der Waals surface area contributed by atoms with Crippen molar-refractivity contribution < 1.29 is 24.1 Å². The molecule has 0 heterocycles. The quantitative estimate of drug-likeness (QED) is 0.605. The Kier molecular flexibility index (Phi) is 6.42. The number of likely N-dealkylation sites (N-methyl/N-ethyl adjacent to an activating group) is 2. The van der Waals surface area contributed by atoms with Crippen molar-refractivity contribution in [2.24, 2.45) is 0 Å². The summed E-state index contributed by atoms with van der Waals surface area (Å²) in [5.41, 5.74) is 1.52. The van der Waals surface area contributed by atoms with Gasteiger partial charge in [0.2, 0.25) is 0 Å². The molecule has 2 amide bonds. The lowest BCUT2D eigenvalue weighted by Gasteiger charge is -2.22. The van der Waals surface area contributed by atoms with Gasteiger partial charge in [-0.25, -0.2) is 0 Å². The highest BCUT2D eigenvalue weighted by atomic mass is 16.2. The molecule has 0 saturated carbocycles. The minimum absolute atomic E-state index is 0.0141. The van der Waals surface area contributed by atoms with Crippen LogP contribution in [0, 0.1) is 0 Å². The lowest BCUT2D eigenvalue weighted by molar-refractivity contribution is -0.862. The van der Waals surface area contributed by atoms with Crippen LogP contribution in [0.5, 0.6) is 0 Å². The van der Waals surface area contributed by atoms with Crippen LogP contribution in [0.4, 0.5) is 5.69 Å². The molecule has 2 aromatic rings. The van der Waals surface area contributed by atoms with Crippen molar-refractivity contribution in [1.82, 2.24) is 4.90 Å². The van der Waals surface area contributed by atoms with E-state index < -0.39 is 0 Å². The van der Waals surface area contributed by atoms with Gasteiger partial charge in [0, 0.05) is 29.8 Å². The molecule has 0 spiro atoms. The predicted molar refractivity (Wildman–Crippen MR) is 113 cm³/mol. The van der Waals surface area contributed by atoms with E-state index in [1.165, 1.54) is 0 Å². The smallest absolute Gasteiger partial charge is 0.279 e. The van der Waals surface area contributed by atoms with Crippen LogP contribution < -0.4 is 10.2 Å². The monoisotopic (exact) mass is 408 g/mol. The van der Waals surface area contributed by atoms with Crippen LogP contribution in [-0.2, 0) is 9.59 Å². The minimum Gasteiger partial charge on any atom is -0.338 e. The van der Waals surface area contributed by atoms with E-state index in [9.17, 15) is 19.2 Å². The van der Waals surface area contributed by atoms with Gasteiger partial charge in [0.15, 0.2) is 24.7 Å². The fourth-order valence-electron chi connectivity index (χ4n) is 3.73. The van der Waals surface area contributed by atoms with Crippen molar-refractivity contribution in [2.45, 2.75) is 13.8 Å². The third-order valence-electron chi connectivity index (χ3n) is 5.26. The number of quaternary nitrogens is 1. The second kappa shape index (κ2) is 9.00. The maximum absolute atomic E-state index is 13.0. The number of carbonyl (C=O) groups is 4. The van der Waals surface area contributed by atoms with Gasteiger partial charge in [0.1, 0.15) is 0 Å². The van der Waals surface area contributed by atoms with Gasteiger partial charge in [-0.3, -0.25) is 19.2 Å². The Hall–Kier alpha value is -3.32. The van der Waals surface area contributed by atoms with Gasteiger partial charge in [-0.05, 0) is 19.9 Å². The molecule has 2 aromatic carbocycles. The first kappa shape index (κ1) is 21.4. The third-order valence-corrected chi connectivity index (χ3v) is 5.26. The summed E-state index contributed by atoms with van der Waals surface area (Å²) >= 11 is 0. The van der Waals surface area contributed by atoms with Gasteiger partial charge >= 0.3 is 0 Å². The molecule has 156 valence electrons. The summed E-state index contributed by atoms with van der Waals surface area (Å²) in [5.74, 6) is -0.857. The van der Waals surface area contributed by atoms with Crippen LogP contribution in [0.1, 0.15) is 45.7 Å². The van der Waals surface area contributed by atoms with E-state index in [1.54, 1.807) is 54.4 Å². The number of fused-ring (bicyclic) bond motifs is 2. The van der Waals surface area contributed by atoms with Gasteiger partial charge in [-0.1, -0.05) is 36.4 Å². The van der Waals surface area contributed by atoms with Gasteiger partial charge in [0.05, 0.1) is 18.3 Å². The molecule has 0 aromatic heterocycles. The van der Waals surface area contributed by atoms with E-state index >= 15 is 0 Å². The molecule has 0 radical (unpaired) electrons. The number of hydrogen-bond donors (Lipinski definition) is 2. The van der Waals surface area contributed by atoms with E-state index in [1.807, 2.05) is 13.8 Å². The highest BCUT2D eigenvalue weighted by Gasteiger charge is 2.31. The normalized spacial score (nSPS) is 13.3. The molecule has 0 fully saturated rings. The van der Waals surface area contributed by atoms with Crippen molar-refractivity contribution in [1.29, 1.82) is 0 Å². The van der Waals surface area contributed by atoms with Crippen molar-refractivity contribution in [3.63, 3.8) is 0 Å². The molecule has 0 bridgehead atoms. The largest absolute Gasteiger partial charge is 0.338 e. The third kappa shape index (κ3) is 4.16. The van der Waals surface area contributed by atoms with Crippen molar-refractivity contribution in [2.75, 3.05) is 38.5 Å². The summed E-state index contributed by atoms with van der Waals surface area (Å²) in [6, 6.07) is 11.5. The van der Waals surface area contributed by atoms with Crippen LogP contribution in [-0.4, -0.2) is 61.5 Å². The first-order chi connectivity index (χ1) is 14.4. The molecule has 2 N–H and O–H groups in total. The van der Waals surface area contributed by atoms with Crippen LogP contribution in [0.25, 0.3) is 0 Å². The van der Waals surface area contributed by atoms with Crippen molar-refractivity contribution in [3.8, 4) is 0 Å². The van der Waals surface area contributed by atoms with E-state index in [-0.39, 0.29) is 47.6 Å². The number of rotatable bonds is 7. The molecular formula is C23H26N3O4+. The minimum atomic E-state index is -0.327. The Morgan fingerprint density at radius 2 is 1.47 bits per heavy atom. The molecule has 30 heavy (non-hydrogen) atoms. The number of hydrogen-bond acceptors (Lipinski definition) is 4. The van der Waals surface area contributed by atoms with Gasteiger partial charge in [-0.2, -0.15) is 0 Å². The first-order valence-corrected chi connectivity index (χ1v) is 10.1. The highest BCUT2D eigenvalue weighted by molar-refractivity contribution is 6.30. The Bertz CT molecular complexity index is 1010. The van der Waals surface area contributed by atoms with E-state index in [0.29, 0.717) is 29.9 Å². The molecule has 7 heteroatoms. The number of nitrogens with one attached hydrogen (secondary N) is 2. The zero-order valence-corrected chi connectivity index (χ0v) is 17.5. The molecule has 0 aliphatic heterocycles. The summed E-state index contributed by atoms with van der Waals surface area (Å²) < 4.78 is 0. The number of nitrogens with zero attached hydrogens (tertiary/aromatic N) is 1. The summed E-state index contributed by atoms with van der Waals surface area (Å²) in [6.45, 7) is 5.35. The van der Waals surface area contributed by atoms with E-state index in [2.05, 4.69) is 5.32 Å². The number of anilines is 1. The zero-order chi connectivity index (χ0) is 21.8. The number of benzene rings is 2. The van der Waals surface area contributed by atoms with Crippen molar-refractivity contribution in [3.05, 3.63) is 64.7 Å². The topological polar surface area (TPSA) is 88.0 Å². The van der Waals surface area contributed by atoms with Crippen molar-refractivity contribution >= 4 is 29.1 Å². The molecule has 1 unspecified atom stereocenters. The standard InChI is InChI=1S/C23H25N3O4/c1-4-26(5-2)20(28)14-25(3)13-19(27)24-18-12-8-11-17-21(18)23(30)16-10-7-6-9-15(16)22(17)29/h6-12H,4-5,13-14H2,1-3H3,(H,24,27)/p+1. The molecule has 0 saturated heterocycles. The Balaban J connectivity index is 1.76. The molecule has 1 aliphatic carbocycles. The second-order valence-electron chi connectivity index (χ2n) is 7.36. The van der Waals surface area contributed by atoms with Crippen LogP contribution >= 0.6 is 0 Å². The van der Waals surface area contributed by atoms with Crippen LogP contribution in [0.15, 0.2) is 42.5 Å². The summed E-state index contributed by atoms with van der Waals surface area (Å²) in [6.07, 6.45) is 0. The fourth-order valence-corrected chi connectivity index (χ4v) is 3.73. The maximum atomic E-state index is 13.0. The summed E-state index contributed by atoms with van der Waals surface area (Å²) in [4.78, 5) is 53.1.